The number of nitrogens with zero attached hydrogens (tertiary/aromatic N) is 3. The first-order valence-corrected chi connectivity index (χ1v) is 6.55. The van der Waals surface area contributed by atoms with Gasteiger partial charge in [-0.05, 0) is 51.5 Å². The van der Waals surface area contributed by atoms with E-state index in [0.29, 0.717) is 16.2 Å². The molecule has 0 spiro atoms. The molecule has 0 amide bonds. The van der Waals surface area contributed by atoms with E-state index in [1.54, 1.807) is 0 Å². The lowest BCUT2D eigenvalue weighted by Crippen LogP contribution is -2.23. The second kappa shape index (κ2) is 4.82. The largest absolute Gasteiger partial charge is 0.295 e. The van der Waals surface area contributed by atoms with E-state index in [9.17, 15) is 10.1 Å². The molecule has 20 heavy (non-hydrogen) atoms. The summed E-state index contributed by atoms with van der Waals surface area (Å²) in [6.07, 6.45) is 0. The van der Waals surface area contributed by atoms with Crippen LogP contribution in [-0.2, 0) is 5.54 Å². The first-order chi connectivity index (χ1) is 9.20. The van der Waals surface area contributed by atoms with Crippen molar-refractivity contribution in [2.45, 2.75) is 33.2 Å². The summed E-state index contributed by atoms with van der Waals surface area (Å²) < 4.78 is 2.36. The number of rotatable bonds is 2. The molecule has 0 aliphatic carbocycles. The van der Waals surface area contributed by atoms with Gasteiger partial charge in [0.25, 0.3) is 5.69 Å². The van der Waals surface area contributed by atoms with Crippen LogP contribution in [0.25, 0.3) is 11.4 Å². The van der Waals surface area contributed by atoms with Crippen LogP contribution in [-0.4, -0.2) is 19.7 Å². The van der Waals surface area contributed by atoms with Gasteiger partial charge < -0.3 is 0 Å². The third kappa shape index (κ3) is 2.62. The molecule has 0 unspecified atom stereocenters. The number of nitrogens with one attached hydrogen (secondary N) is 1. The van der Waals surface area contributed by atoms with E-state index < -0.39 is 4.92 Å². The first kappa shape index (κ1) is 14.4. The molecular weight excluding hydrogens is 276 g/mol. The van der Waals surface area contributed by atoms with Crippen LogP contribution in [0, 0.1) is 21.8 Å². The van der Waals surface area contributed by atoms with E-state index in [4.69, 9.17) is 12.2 Å². The molecule has 0 bridgehead atoms. The van der Waals surface area contributed by atoms with Crippen molar-refractivity contribution in [3.63, 3.8) is 0 Å². The molecule has 0 aliphatic heterocycles. The molecule has 106 valence electrons. The van der Waals surface area contributed by atoms with Crippen molar-refractivity contribution in [2.24, 2.45) is 0 Å². The summed E-state index contributed by atoms with van der Waals surface area (Å²) in [6, 6.07) is 4.91. The van der Waals surface area contributed by atoms with Crippen LogP contribution in [0.15, 0.2) is 18.2 Å². The second-order valence-electron chi connectivity index (χ2n) is 5.67. The first-order valence-electron chi connectivity index (χ1n) is 6.14. The molecule has 2 rings (SSSR count). The summed E-state index contributed by atoms with van der Waals surface area (Å²) in [7, 11) is 0. The predicted molar refractivity (Wildman–Crippen MR) is 79.2 cm³/mol. The Morgan fingerprint density at radius 2 is 2.00 bits per heavy atom. The van der Waals surface area contributed by atoms with Gasteiger partial charge in [-0.1, -0.05) is 0 Å². The Morgan fingerprint density at radius 3 is 2.55 bits per heavy atom. The minimum atomic E-state index is -0.404. The van der Waals surface area contributed by atoms with E-state index in [1.807, 2.05) is 38.3 Å². The molecule has 0 aliphatic rings. The Morgan fingerprint density at radius 1 is 1.35 bits per heavy atom. The Kier molecular flexibility index (Phi) is 3.47. The summed E-state index contributed by atoms with van der Waals surface area (Å²) in [5.74, 6) is 0.606. The number of hydrogen-bond donors (Lipinski definition) is 1. The molecule has 1 heterocycles. The standard InChI is InChI=1S/C13H16N4O2S/c1-8-5-9(7-10(6-8)17(18)19)11-14-15-12(20)16(11)13(2,3)4/h5-7H,1-4H3,(H,15,20). The van der Waals surface area contributed by atoms with Gasteiger partial charge >= 0.3 is 0 Å². The van der Waals surface area contributed by atoms with Crippen LogP contribution in [0.4, 0.5) is 5.69 Å². The number of nitro benzene ring substituents is 1. The van der Waals surface area contributed by atoms with Gasteiger partial charge in [0.15, 0.2) is 10.6 Å². The molecule has 0 saturated carbocycles. The maximum absolute atomic E-state index is 11.0. The number of H-pyrrole nitrogens is 1. The van der Waals surface area contributed by atoms with Crippen LogP contribution in [0.5, 0.6) is 0 Å². The average Bonchev–Trinajstić information content (AvgIpc) is 2.70. The lowest BCUT2D eigenvalue weighted by Gasteiger charge is -2.22. The summed E-state index contributed by atoms with van der Waals surface area (Å²) in [6.45, 7) is 7.84. The molecule has 6 nitrogen and oxygen atoms in total. The van der Waals surface area contributed by atoms with Crippen LogP contribution < -0.4 is 0 Å². The van der Waals surface area contributed by atoms with Gasteiger partial charge in [0.05, 0.1) is 4.92 Å². The molecule has 1 aromatic carbocycles. The molecule has 7 heteroatoms. The van der Waals surface area contributed by atoms with Gasteiger partial charge in [-0.15, -0.1) is 0 Å². The van der Waals surface area contributed by atoms with Gasteiger partial charge in [0.1, 0.15) is 0 Å². The highest BCUT2D eigenvalue weighted by atomic mass is 32.1. The SMILES string of the molecule is Cc1cc(-c2n[nH]c(=S)n2C(C)(C)C)cc([N+](=O)[O-])c1. The highest BCUT2D eigenvalue weighted by molar-refractivity contribution is 7.71. The maximum atomic E-state index is 11.0. The van der Waals surface area contributed by atoms with Gasteiger partial charge in [-0.2, -0.15) is 5.10 Å². The molecule has 1 N–H and O–H groups in total. The quantitative estimate of drug-likeness (QED) is 0.521. The summed E-state index contributed by atoms with van der Waals surface area (Å²) in [5.41, 5.74) is 1.27. The minimum Gasteiger partial charge on any atom is -0.295 e. The summed E-state index contributed by atoms with van der Waals surface area (Å²) in [5, 5.41) is 17.9. The van der Waals surface area contributed by atoms with Crippen LogP contribution >= 0.6 is 12.2 Å². The smallest absolute Gasteiger partial charge is 0.270 e. The Balaban J connectivity index is 2.70. The number of non-ortho nitro benzene ring substituents is 1. The van der Waals surface area contributed by atoms with Crippen molar-refractivity contribution >= 4 is 17.9 Å². The van der Waals surface area contributed by atoms with E-state index in [0.717, 1.165) is 5.56 Å². The monoisotopic (exact) mass is 292 g/mol. The van der Waals surface area contributed by atoms with E-state index in [-0.39, 0.29) is 11.2 Å². The number of aromatic amines is 1. The molecule has 0 fully saturated rings. The maximum Gasteiger partial charge on any atom is 0.270 e. The van der Waals surface area contributed by atoms with Crippen molar-refractivity contribution in [3.05, 3.63) is 38.6 Å². The molecule has 0 atom stereocenters. The Bertz CT molecular complexity index is 725. The lowest BCUT2D eigenvalue weighted by atomic mass is 10.1. The highest BCUT2D eigenvalue weighted by Crippen LogP contribution is 2.28. The highest BCUT2D eigenvalue weighted by Gasteiger charge is 2.21. The number of benzene rings is 1. The number of aryl methyl sites for hydroxylation is 1. The van der Waals surface area contributed by atoms with Crippen LogP contribution in [0.1, 0.15) is 26.3 Å². The lowest BCUT2D eigenvalue weighted by molar-refractivity contribution is -0.384. The van der Waals surface area contributed by atoms with Gasteiger partial charge in [-0.3, -0.25) is 19.8 Å². The van der Waals surface area contributed by atoms with Gasteiger partial charge in [0, 0.05) is 23.2 Å². The van der Waals surface area contributed by atoms with Gasteiger partial charge in [-0.25, -0.2) is 0 Å². The Hall–Kier alpha value is -2.02. The summed E-state index contributed by atoms with van der Waals surface area (Å²) >= 11 is 5.25. The van der Waals surface area contributed by atoms with Crippen molar-refractivity contribution < 1.29 is 4.92 Å². The van der Waals surface area contributed by atoms with Crippen LogP contribution in [0.3, 0.4) is 0 Å². The normalized spacial score (nSPS) is 11.6. The fourth-order valence-corrected chi connectivity index (χ4v) is 2.52. The van der Waals surface area contributed by atoms with Crippen molar-refractivity contribution in [1.29, 1.82) is 0 Å². The number of hydrogen-bond acceptors (Lipinski definition) is 4. The zero-order valence-corrected chi connectivity index (χ0v) is 12.6. The van der Waals surface area contributed by atoms with Crippen LogP contribution in [0.2, 0.25) is 0 Å². The van der Waals surface area contributed by atoms with E-state index >= 15 is 0 Å². The number of nitro groups is 1. The van der Waals surface area contributed by atoms with Gasteiger partial charge in [0.2, 0.25) is 0 Å². The second-order valence-corrected chi connectivity index (χ2v) is 6.06. The topological polar surface area (TPSA) is 76.8 Å². The van der Waals surface area contributed by atoms with Crippen molar-refractivity contribution in [3.8, 4) is 11.4 Å². The minimum absolute atomic E-state index is 0.0503. The fraction of sp³-hybridized carbons (Fsp3) is 0.385. The molecule has 0 radical (unpaired) electrons. The average molecular weight is 292 g/mol. The zero-order valence-electron chi connectivity index (χ0n) is 11.8. The fourth-order valence-electron chi connectivity index (χ4n) is 2.11. The molecule has 1 aromatic heterocycles. The van der Waals surface area contributed by atoms with Crippen molar-refractivity contribution in [1.82, 2.24) is 14.8 Å². The zero-order chi connectivity index (χ0) is 15.1. The molecule has 2 aromatic rings. The third-order valence-electron chi connectivity index (χ3n) is 2.87. The Labute approximate surface area is 121 Å². The third-order valence-corrected chi connectivity index (χ3v) is 3.15. The molecular formula is C13H16N4O2S. The predicted octanol–water partition coefficient (Wildman–Crippen LogP) is 3.58. The summed E-state index contributed by atoms with van der Waals surface area (Å²) in [4.78, 5) is 10.6. The number of aromatic nitrogens is 3. The van der Waals surface area contributed by atoms with E-state index in [2.05, 4.69) is 10.2 Å². The van der Waals surface area contributed by atoms with E-state index in [1.165, 1.54) is 12.1 Å². The van der Waals surface area contributed by atoms with Crippen molar-refractivity contribution in [2.75, 3.05) is 0 Å². The molecule has 0 saturated heterocycles.